The summed E-state index contributed by atoms with van der Waals surface area (Å²) in [4.78, 5) is 60.9. The first kappa shape index (κ1) is 34.2. The molecule has 242 valence electrons. The van der Waals surface area contributed by atoms with E-state index in [4.69, 9.17) is 0 Å². The molecule has 0 bridgehead atoms. The van der Waals surface area contributed by atoms with E-state index in [-0.39, 0.29) is 41.3 Å². The molecule has 2 atom stereocenters. The number of carboxylic acids is 1. The summed E-state index contributed by atoms with van der Waals surface area (Å²) < 4.78 is 0. The van der Waals surface area contributed by atoms with Crippen LogP contribution in [0.5, 0.6) is 0 Å². The third kappa shape index (κ3) is 6.64. The van der Waals surface area contributed by atoms with Crippen molar-refractivity contribution in [2.24, 2.45) is 0 Å². The summed E-state index contributed by atoms with van der Waals surface area (Å²) in [7, 11) is 0. The predicted molar refractivity (Wildman–Crippen MR) is 178 cm³/mol. The third-order valence-electron chi connectivity index (χ3n) is 8.70. The van der Waals surface area contributed by atoms with Gasteiger partial charge in [-0.1, -0.05) is 31.7 Å². The molecule has 11 nitrogen and oxygen atoms in total. The minimum absolute atomic E-state index is 0.0143. The van der Waals surface area contributed by atoms with Crippen LogP contribution in [0.2, 0.25) is 0 Å². The van der Waals surface area contributed by atoms with Gasteiger partial charge in [0.25, 0.3) is 11.4 Å². The largest absolute Gasteiger partial charge is 0.478 e. The van der Waals surface area contributed by atoms with Crippen LogP contribution in [-0.4, -0.2) is 32.5 Å². The number of nitro groups is 2. The number of hydrogen-bond acceptors (Lipinski definition) is 8. The second-order valence-corrected chi connectivity index (χ2v) is 12.3. The first-order valence-electron chi connectivity index (χ1n) is 14.7. The molecular weight excluding hydrogens is 602 g/mol. The highest BCUT2D eigenvalue weighted by atomic mass is 16.6. The maximum atomic E-state index is 12.7. The van der Waals surface area contributed by atoms with E-state index in [1.54, 1.807) is 49.4 Å². The van der Waals surface area contributed by atoms with Crippen LogP contribution in [0.4, 0.5) is 22.7 Å². The Morgan fingerprint density at radius 1 is 0.957 bits per heavy atom. The van der Waals surface area contributed by atoms with Gasteiger partial charge >= 0.3 is 5.97 Å². The lowest BCUT2D eigenvalue weighted by Gasteiger charge is -2.32. The number of non-ortho nitro benzene ring substituents is 2. The molecule has 1 heterocycles. The number of ketones is 2. The van der Waals surface area contributed by atoms with Gasteiger partial charge in [-0.3, -0.25) is 29.8 Å². The standard InChI is InChI=1S/C36H35N3O8/c1-22-10-13-28(38(44)45)18-30(22)35(5,20-24(3)40)23(2)8-7-9-33-36(6,21-25(4)41)31-19-29(39(46)47)16-17-32(31)37(33)27-14-11-26(12-15-27)34(42)43/h7-19H,2,20-21H2,1,3-6H3,(H,42,43)/b8-7+,33-9+. The zero-order valence-corrected chi connectivity index (χ0v) is 26.8. The zero-order valence-electron chi connectivity index (χ0n) is 26.8. The number of fused-ring (bicyclic) bond motifs is 1. The van der Waals surface area contributed by atoms with Crippen molar-refractivity contribution in [1.29, 1.82) is 0 Å². The summed E-state index contributed by atoms with van der Waals surface area (Å²) in [6.45, 7) is 12.6. The van der Waals surface area contributed by atoms with Gasteiger partial charge < -0.3 is 10.0 Å². The maximum Gasteiger partial charge on any atom is 0.335 e. The van der Waals surface area contributed by atoms with Crippen LogP contribution in [0.1, 0.15) is 67.6 Å². The van der Waals surface area contributed by atoms with Crippen molar-refractivity contribution in [1.82, 2.24) is 0 Å². The smallest absolute Gasteiger partial charge is 0.335 e. The van der Waals surface area contributed by atoms with Gasteiger partial charge in [0, 0.05) is 59.3 Å². The Morgan fingerprint density at radius 3 is 2.11 bits per heavy atom. The van der Waals surface area contributed by atoms with Crippen molar-refractivity contribution in [2.45, 2.75) is 58.3 Å². The van der Waals surface area contributed by atoms with Gasteiger partial charge in [0.05, 0.1) is 21.1 Å². The third-order valence-corrected chi connectivity index (χ3v) is 8.70. The molecule has 4 rings (SSSR count). The number of anilines is 2. The second kappa shape index (κ2) is 13.0. The fourth-order valence-corrected chi connectivity index (χ4v) is 6.40. The lowest BCUT2D eigenvalue weighted by molar-refractivity contribution is -0.385. The number of rotatable bonds is 12. The van der Waals surface area contributed by atoms with Gasteiger partial charge in [-0.25, -0.2) is 4.79 Å². The molecule has 0 aromatic heterocycles. The van der Waals surface area contributed by atoms with Gasteiger partial charge in [0.2, 0.25) is 0 Å². The fraction of sp³-hybridized carbons (Fsp3) is 0.250. The van der Waals surface area contributed by atoms with E-state index in [1.165, 1.54) is 50.2 Å². The first-order valence-corrected chi connectivity index (χ1v) is 14.7. The number of carbonyl (C=O) groups excluding carboxylic acids is 2. The maximum absolute atomic E-state index is 12.7. The van der Waals surface area contributed by atoms with Crippen molar-refractivity contribution in [3.8, 4) is 0 Å². The number of carbonyl (C=O) groups is 3. The molecule has 3 aromatic carbocycles. The van der Waals surface area contributed by atoms with Crippen molar-refractivity contribution in [3.05, 3.63) is 139 Å². The molecule has 0 fully saturated rings. The molecule has 1 aliphatic rings. The number of aromatic carboxylic acids is 1. The van der Waals surface area contributed by atoms with Gasteiger partial charge in [-0.05, 0) is 86.4 Å². The summed E-state index contributed by atoms with van der Waals surface area (Å²) in [6, 6.07) is 15.1. The van der Waals surface area contributed by atoms with Crippen molar-refractivity contribution in [3.63, 3.8) is 0 Å². The topological polar surface area (TPSA) is 161 Å². The highest BCUT2D eigenvalue weighted by Crippen LogP contribution is 2.54. The molecule has 0 saturated carbocycles. The summed E-state index contributed by atoms with van der Waals surface area (Å²) in [5.74, 6) is -1.38. The lowest BCUT2D eigenvalue weighted by Crippen LogP contribution is -2.28. The Labute approximate surface area is 271 Å². The average Bonchev–Trinajstić information content (AvgIpc) is 3.22. The average molecular weight is 638 g/mol. The number of benzene rings is 3. The molecule has 47 heavy (non-hydrogen) atoms. The Hall–Kier alpha value is -5.71. The van der Waals surface area contributed by atoms with E-state index < -0.39 is 26.6 Å². The van der Waals surface area contributed by atoms with Gasteiger partial charge in [-0.15, -0.1) is 0 Å². The van der Waals surface area contributed by atoms with Crippen LogP contribution in [0.15, 0.2) is 96.7 Å². The van der Waals surface area contributed by atoms with E-state index >= 15 is 0 Å². The predicted octanol–water partition coefficient (Wildman–Crippen LogP) is 7.83. The van der Waals surface area contributed by atoms with Crippen LogP contribution in [0.25, 0.3) is 0 Å². The SMILES string of the molecule is C=C(/C=C/C=C1/N(c2ccc(C(=O)O)cc2)c2ccc([N+](=O)[O-])cc2C1(C)CC(C)=O)C(C)(CC(C)=O)c1cc([N+](=O)[O-])ccc1C. The Kier molecular flexibility index (Phi) is 9.42. The Balaban J connectivity index is 1.90. The molecule has 1 aliphatic heterocycles. The second-order valence-electron chi connectivity index (χ2n) is 12.3. The minimum Gasteiger partial charge on any atom is -0.478 e. The van der Waals surface area contributed by atoms with Crippen molar-refractivity contribution < 1.29 is 29.3 Å². The van der Waals surface area contributed by atoms with E-state index in [2.05, 4.69) is 6.58 Å². The zero-order chi connectivity index (χ0) is 34.8. The molecule has 1 N–H and O–H groups in total. The number of allylic oxidation sites excluding steroid dienone is 5. The Bertz CT molecular complexity index is 1890. The molecule has 0 aliphatic carbocycles. The fourth-order valence-electron chi connectivity index (χ4n) is 6.40. The molecular formula is C36H35N3O8. The molecule has 0 saturated heterocycles. The number of Topliss-reactive ketones (excluding diaryl/α,β-unsaturated/α-hetero) is 2. The number of aryl methyl sites for hydroxylation is 1. The molecule has 0 spiro atoms. The first-order chi connectivity index (χ1) is 22.0. The molecule has 0 radical (unpaired) electrons. The van der Waals surface area contributed by atoms with Crippen LogP contribution in [0.3, 0.4) is 0 Å². The molecule has 3 aromatic rings. The van der Waals surface area contributed by atoms with Crippen molar-refractivity contribution in [2.75, 3.05) is 4.90 Å². The van der Waals surface area contributed by atoms with E-state index in [1.807, 2.05) is 18.7 Å². The number of nitrogens with zero attached hydrogens (tertiary/aromatic N) is 3. The normalized spacial score (nSPS) is 17.7. The van der Waals surface area contributed by atoms with E-state index in [0.29, 0.717) is 33.8 Å². The number of carboxylic acid groups (broad SMARTS) is 1. The summed E-state index contributed by atoms with van der Waals surface area (Å²) >= 11 is 0. The summed E-state index contributed by atoms with van der Waals surface area (Å²) in [6.07, 6.45) is 5.23. The monoisotopic (exact) mass is 637 g/mol. The summed E-state index contributed by atoms with van der Waals surface area (Å²) in [5.41, 5.74) is 1.96. The van der Waals surface area contributed by atoms with Gasteiger partial charge in [-0.2, -0.15) is 0 Å². The van der Waals surface area contributed by atoms with Crippen LogP contribution in [-0.2, 0) is 20.4 Å². The van der Waals surface area contributed by atoms with Gasteiger partial charge in [0.1, 0.15) is 11.6 Å². The lowest BCUT2D eigenvalue weighted by atomic mass is 9.71. The van der Waals surface area contributed by atoms with Crippen LogP contribution < -0.4 is 4.90 Å². The highest BCUT2D eigenvalue weighted by molar-refractivity contribution is 5.90. The van der Waals surface area contributed by atoms with E-state index in [0.717, 1.165) is 5.56 Å². The van der Waals surface area contributed by atoms with Gasteiger partial charge in [0.15, 0.2) is 0 Å². The molecule has 2 unspecified atom stereocenters. The molecule has 11 heteroatoms. The number of nitro benzene ring substituents is 2. The quantitative estimate of drug-likeness (QED) is 0.118. The van der Waals surface area contributed by atoms with Crippen molar-refractivity contribution >= 4 is 40.3 Å². The van der Waals surface area contributed by atoms with E-state index in [9.17, 15) is 39.7 Å². The summed E-state index contributed by atoms with van der Waals surface area (Å²) in [5, 5.41) is 32.8. The van der Waals surface area contributed by atoms with Crippen LogP contribution >= 0.6 is 0 Å². The minimum atomic E-state index is -1.10. The Morgan fingerprint density at radius 2 is 1.55 bits per heavy atom. The van der Waals surface area contributed by atoms with Crippen LogP contribution in [0, 0.1) is 27.2 Å². The number of hydrogen-bond donors (Lipinski definition) is 1. The molecule has 0 amide bonds. The highest BCUT2D eigenvalue weighted by Gasteiger charge is 2.46.